The molecule has 0 fully saturated rings. The Hall–Kier alpha value is -3.25. The van der Waals surface area contributed by atoms with Crippen molar-refractivity contribution in [1.29, 1.82) is 0 Å². The Morgan fingerprint density at radius 1 is 0.909 bits per heavy atom. The maximum atomic E-state index is 12.4. The number of thioether (sulfide) groups is 1. The molecule has 0 aliphatic heterocycles. The van der Waals surface area contributed by atoms with Gasteiger partial charge in [0, 0.05) is 11.7 Å². The van der Waals surface area contributed by atoms with Crippen LogP contribution in [0.1, 0.15) is 29.0 Å². The van der Waals surface area contributed by atoms with E-state index >= 15 is 0 Å². The maximum Gasteiger partial charge on any atom is 0.407 e. The minimum atomic E-state index is -1.06. The van der Waals surface area contributed by atoms with Gasteiger partial charge in [0.1, 0.15) is 12.6 Å². The Balaban J connectivity index is 1.26. The molecule has 0 unspecified atom stereocenters. The van der Waals surface area contributed by atoms with E-state index in [-0.39, 0.29) is 12.5 Å². The third-order valence-corrected chi connectivity index (χ3v) is 6.96. The molecule has 3 aromatic carbocycles. The third-order valence-electron chi connectivity index (χ3n) is 5.82. The molecule has 0 saturated heterocycles. The summed E-state index contributed by atoms with van der Waals surface area (Å²) in [5.74, 6) is 0.0113. The van der Waals surface area contributed by atoms with Crippen molar-refractivity contribution in [3.05, 3.63) is 95.6 Å². The van der Waals surface area contributed by atoms with Crippen molar-refractivity contribution in [3.63, 3.8) is 0 Å². The Morgan fingerprint density at radius 3 is 2.15 bits per heavy atom. The number of ether oxygens (including phenoxy) is 1. The molecule has 0 spiro atoms. The van der Waals surface area contributed by atoms with Gasteiger partial charge in [0.25, 0.3) is 0 Å². The molecule has 0 aromatic heterocycles. The summed E-state index contributed by atoms with van der Waals surface area (Å²) in [5, 5.41) is 12.0. The standard InChI is InChI=1S/C27H27NO4S/c29-26(30)25(18-33-16-8-11-19-9-2-1-3-10-19)28-27(31)32-17-24-22-14-6-4-12-20(22)21-13-5-7-15-23(21)24/h1-7,9-10,12-15,24-25H,8,11,16-18H2,(H,28,31)(H,29,30)/t25-/m0/s1. The molecule has 33 heavy (non-hydrogen) atoms. The maximum absolute atomic E-state index is 12.4. The number of aliphatic carboxylic acids is 1. The van der Waals surface area contributed by atoms with Crippen LogP contribution >= 0.6 is 11.8 Å². The van der Waals surface area contributed by atoms with Gasteiger partial charge in [-0.15, -0.1) is 0 Å². The zero-order valence-electron chi connectivity index (χ0n) is 18.3. The number of alkyl carbamates (subject to hydrolysis) is 1. The zero-order valence-corrected chi connectivity index (χ0v) is 19.1. The number of carboxylic acids is 1. The minimum absolute atomic E-state index is 0.0567. The van der Waals surface area contributed by atoms with Crippen LogP contribution in [-0.2, 0) is 16.0 Å². The first-order chi connectivity index (χ1) is 16.1. The van der Waals surface area contributed by atoms with Gasteiger partial charge >= 0.3 is 12.1 Å². The fourth-order valence-corrected chi connectivity index (χ4v) is 5.16. The summed E-state index contributed by atoms with van der Waals surface area (Å²) < 4.78 is 5.48. The second-order valence-corrected chi connectivity index (χ2v) is 9.17. The van der Waals surface area contributed by atoms with Gasteiger partial charge in [0.2, 0.25) is 0 Å². The van der Waals surface area contributed by atoms with Crippen LogP contribution in [0, 0.1) is 0 Å². The second-order valence-electron chi connectivity index (χ2n) is 8.02. The van der Waals surface area contributed by atoms with Crippen molar-refractivity contribution in [2.45, 2.75) is 24.8 Å². The number of carbonyl (C=O) groups excluding carboxylic acids is 1. The van der Waals surface area contributed by atoms with Gasteiger partial charge in [-0.2, -0.15) is 11.8 Å². The summed E-state index contributed by atoms with van der Waals surface area (Å²) in [6, 6.07) is 25.4. The molecule has 0 radical (unpaired) electrons. The van der Waals surface area contributed by atoms with Crippen molar-refractivity contribution in [2.75, 3.05) is 18.1 Å². The summed E-state index contributed by atoms with van der Waals surface area (Å²) in [4.78, 5) is 24.0. The number of aryl methyl sites for hydroxylation is 1. The lowest BCUT2D eigenvalue weighted by atomic mass is 9.98. The van der Waals surface area contributed by atoms with Gasteiger partial charge in [-0.25, -0.2) is 9.59 Å². The molecular weight excluding hydrogens is 434 g/mol. The number of hydrogen-bond acceptors (Lipinski definition) is 4. The van der Waals surface area contributed by atoms with E-state index < -0.39 is 18.1 Å². The highest BCUT2D eigenvalue weighted by Gasteiger charge is 2.29. The molecule has 0 saturated carbocycles. The van der Waals surface area contributed by atoms with E-state index in [0.717, 1.165) is 40.8 Å². The molecule has 6 heteroatoms. The van der Waals surface area contributed by atoms with E-state index in [1.807, 2.05) is 54.6 Å². The SMILES string of the molecule is O=C(N[C@@H](CSCCCc1ccccc1)C(=O)O)OCC1c2ccccc2-c2ccccc21. The fourth-order valence-electron chi connectivity index (χ4n) is 4.18. The molecule has 0 bridgehead atoms. The van der Waals surface area contributed by atoms with Gasteiger partial charge in [0.05, 0.1) is 0 Å². The average Bonchev–Trinajstić information content (AvgIpc) is 3.16. The first-order valence-electron chi connectivity index (χ1n) is 11.1. The normalized spacial score (nSPS) is 13.1. The highest BCUT2D eigenvalue weighted by molar-refractivity contribution is 7.99. The van der Waals surface area contributed by atoms with E-state index in [2.05, 4.69) is 29.6 Å². The highest BCUT2D eigenvalue weighted by atomic mass is 32.2. The number of carbonyl (C=O) groups is 2. The fraction of sp³-hybridized carbons (Fsp3) is 0.259. The lowest BCUT2D eigenvalue weighted by molar-refractivity contribution is -0.138. The van der Waals surface area contributed by atoms with E-state index in [1.54, 1.807) is 0 Å². The summed E-state index contributed by atoms with van der Waals surface area (Å²) in [5.41, 5.74) is 5.81. The number of nitrogens with one attached hydrogen (secondary N) is 1. The smallest absolute Gasteiger partial charge is 0.407 e. The summed E-state index contributed by atoms with van der Waals surface area (Å²) in [7, 11) is 0. The van der Waals surface area contributed by atoms with E-state index in [4.69, 9.17) is 4.74 Å². The predicted octanol–water partition coefficient (Wildman–Crippen LogP) is 5.34. The van der Waals surface area contributed by atoms with E-state index in [0.29, 0.717) is 5.75 Å². The molecule has 170 valence electrons. The van der Waals surface area contributed by atoms with E-state index in [9.17, 15) is 14.7 Å². The van der Waals surface area contributed by atoms with Gasteiger partial charge in [-0.3, -0.25) is 0 Å². The first-order valence-corrected chi connectivity index (χ1v) is 12.2. The number of amides is 1. The summed E-state index contributed by atoms with van der Waals surface area (Å²) in [6.07, 6.45) is 1.20. The molecule has 5 nitrogen and oxygen atoms in total. The van der Waals surface area contributed by atoms with Crippen LogP contribution in [0.4, 0.5) is 4.79 Å². The molecule has 0 heterocycles. The Kier molecular flexibility index (Phi) is 7.68. The number of carboxylic acid groups (broad SMARTS) is 1. The molecule has 1 atom stereocenters. The van der Waals surface area contributed by atoms with Crippen LogP contribution in [0.2, 0.25) is 0 Å². The quantitative estimate of drug-likeness (QED) is 0.399. The molecule has 1 amide bonds. The molecule has 3 aromatic rings. The predicted molar refractivity (Wildman–Crippen MR) is 132 cm³/mol. The zero-order chi connectivity index (χ0) is 23.0. The average molecular weight is 462 g/mol. The molecule has 4 rings (SSSR count). The van der Waals surface area contributed by atoms with Crippen molar-refractivity contribution in [2.24, 2.45) is 0 Å². The Labute approximate surface area is 198 Å². The number of benzene rings is 3. The molecule has 1 aliphatic carbocycles. The Bertz CT molecular complexity index is 1060. The first kappa shape index (κ1) is 22.9. The molecule has 2 N–H and O–H groups in total. The third kappa shape index (κ3) is 5.76. The number of fused-ring (bicyclic) bond motifs is 3. The summed E-state index contributed by atoms with van der Waals surface area (Å²) >= 11 is 1.52. The second kappa shape index (κ2) is 11.1. The van der Waals surface area contributed by atoms with Crippen LogP contribution in [0.5, 0.6) is 0 Å². The van der Waals surface area contributed by atoms with Crippen molar-refractivity contribution >= 4 is 23.8 Å². The van der Waals surface area contributed by atoms with Gasteiger partial charge in [-0.05, 0) is 46.4 Å². The van der Waals surface area contributed by atoms with Crippen LogP contribution in [0.15, 0.2) is 78.9 Å². The Morgan fingerprint density at radius 2 is 1.52 bits per heavy atom. The van der Waals surface area contributed by atoms with E-state index in [1.165, 1.54) is 17.3 Å². The highest BCUT2D eigenvalue weighted by Crippen LogP contribution is 2.44. The molecule has 1 aliphatic rings. The summed E-state index contributed by atoms with van der Waals surface area (Å²) in [6.45, 7) is 0.163. The van der Waals surface area contributed by atoms with Gasteiger partial charge in [-0.1, -0.05) is 78.9 Å². The van der Waals surface area contributed by atoms with Gasteiger partial charge in [0.15, 0.2) is 0 Å². The van der Waals surface area contributed by atoms with Gasteiger partial charge < -0.3 is 15.2 Å². The van der Waals surface area contributed by atoms with Crippen LogP contribution in [0.3, 0.4) is 0 Å². The number of rotatable bonds is 10. The van der Waals surface area contributed by atoms with Crippen LogP contribution in [0.25, 0.3) is 11.1 Å². The van der Waals surface area contributed by atoms with Crippen LogP contribution < -0.4 is 5.32 Å². The lowest BCUT2D eigenvalue weighted by Gasteiger charge is -2.17. The topological polar surface area (TPSA) is 75.6 Å². The monoisotopic (exact) mass is 461 g/mol. The minimum Gasteiger partial charge on any atom is -0.480 e. The largest absolute Gasteiger partial charge is 0.480 e. The van der Waals surface area contributed by atoms with Crippen molar-refractivity contribution < 1.29 is 19.4 Å². The molecular formula is C27H27NO4S. The van der Waals surface area contributed by atoms with Crippen LogP contribution in [-0.4, -0.2) is 41.3 Å². The van der Waals surface area contributed by atoms with Crippen molar-refractivity contribution in [3.8, 4) is 11.1 Å². The lowest BCUT2D eigenvalue weighted by Crippen LogP contribution is -2.43. The number of hydrogen-bond donors (Lipinski definition) is 2. The van der Waals surface area contributed by atoms with Crippen molar-refractivity contribution in [1.82, 2.24) is 5.32 Å².